The number of ketones is 1. The minimum absolute atomic E-state index is 0.0189. The molecule has 2 nitrogen and oxygen atoms in total. The van der Waals surface area contributed by atoms with Crippen molar-refractivity contribution in [3.05, 3.63) is 24.3 Å². The third-order valence-electron chi connectivity index (χ3n) is 4.93. The van der Waals surface area contributed by atoms with E-state index in [4.69, 9.17) is 0 Å². The number of rotatable bonds is 1. The summed E-state index contributed by atoms with van der Waals surface area (Å²) in [5.41, 5.74) is 0.904. The van der Waals surface area contributed by atoms with Gasteiger partial charge in [0, 0.05) is 11.8 Å². The number of Topliss-reactive ketones (excluding diaryl/α,β-unsaturated/α-hetero) is 1. The average Bonchev–Trinajstić information content (AvgIpc) is 2.26. The molecular weight excluding hydrogens is 212 g/mol. The fourth-order valence-corrected chi connectivity index (χ4v) is 3.37. The molecule has 0 aromatic rings. The van der Waals surface area contributed by atoms with Crippen LogP contribution < -0.4 is 0 Å². The lowest BCUT2D eigenvalue weighted by Crippen LogP contribution is -2.52. The van der Waals surface area contributed by atoms with Gasteiger partial charge in [0.15, 0.2) is 5.78 Å². The van der Waals surface area contributed by atoms with Crippen molar-refractivity contribution >= 4 is 5.78 Å². The summed E-state index contributed by atoms with van der Waals surface area (Å²) < 4.78 is 0. The van der Waals surface area contributed by atoms with Crippen LogP contribution in [0.4, 0.5) is 0 Å². The molecule has 0 bridgehead atoms. The Bertz CT molecular complexity index is 382. The molecule has 2 rings (SSSR count). The summed E-state index contributed by atoms with van der Waals surface area (Å²) >= 11 is 0. The van der Waals surface area contributed by atoms with Crippen LogP contribution in [0.3, 0.4) is 0 Å². The van der Waals surface area contributed by atoms with Gasteiger partial charge in [-0.1, -0.05) is 38.2 Å². The average molecular weight is 234 g/mol. The van der Waals surface area contributed by atoms with Gasteiger partial charge in [0.2, 0.25) is 0 Å². The smallest absolute Gasteiger partial charge is 0.169 e. The van der Waals surface area contributed by atoms with Crippen LogP contribution in [0.1, 0.15) is 33.6 Å². The van der Waals surface area contributed by atoms with Crippen molar-refractivity contribution in [3.63, 3.8) is 0 Å². The predicted molar refractivity (Wildman–Crippen MR) is 68.5 cm³/mol. The highest BCUT2D eigenvalue weighted by molar-refractivity contribution is 5.89. The van der Waals surface area contributed by atoms with Gasteiger partial charge < -0.3 is 5.11 Å². The molecule has 0 saturated heterocycles. The Balaban J connectivity index is 2.40. The Morgan fingerprint density at radius 2 is 2.24 bits per heavy atom. The van der Waals surface area contributed by atoms with Crippen LogP contribution in [-0.4, -0.2) is 17.0 Å². The number of aliphatic hydroxyl groups excluding tert-OH is 1. The standard InChI is InChI=1S/C15H22O2/c1-9(2)11-8-15(4)10(3)6-5-7-12(15)14(17)13(11)16/h5,7,10-13,16H,1,6,8H2,2-4H3. The summed E-state index contributed by atoms with van der Waals surface area (Å²) in [6.45, 7) is 10.2. The maximum Gasteiger partial charge on any atom is 0.169 e. The maximum atomic E-state index is 12.3. The number of fused-ring (bicyclic) bond motifs is 1. The lowest BCUT2D eigenvalue weighted by molar-refractivity contribution is -0.145. The summed E-state index contributed by atoms with van der Waals surface area (Å²) in [6.07, 6.45) is 5.12. The molecule has 0 aliphatic heterocycles. The highest BCUT2D eigenvalue weighted by Gasteiger charge is 2.52. The van der Waals surface area contributed by atoms with Crippen LogP contribution in [0.15, 0.2) is 24.3 Å². The fourth-order valence-electron chi connectivity index (χ4n) is 3.37. The first kappa shape index (κ1) is 12.6. The molecule has 1 saturated carbocycles. The molecule has 0 heterocycles. The minimum Gasteiger partial charge on any atom is -0.385 e. The Morgan fingerprint density at radius 3 is 2.82 bits per heavy atom. The lowest BCUT2D eigenvalue weighted by Gasteiger charge is -2.50. The van der Waals surface area contributed by atoms with Crippen molar-refractivity contribution in [2.75, 3.05) is 0 Å². The first-order valence-corrected chi connectivity index (χ1v) is 6.41. The van der Waals surface area contributed by atoms with Crippen molar-refractivity contribution in [1.82, 2.24) is 0 Å². The summed E-state index contributed by atoms with van der Waals surface area (Å²) in [6, 6.07) is 0. The summed E-state index contributed by atoms with van der Waals surface area (Å²) in [5.74, 6) is 0.278. The maximum absolute atomic E-state index is 12.3. The molecule has 17 heavy (non-hydrogen) atoms. The molecule has 0 spiro atoms. The van der Waals surface area contributed by atoms with Gasteiger partial charge in [-0.3, -0.25) is 4.79 Å². The van der Waals surface area contributed by atoms with E-state index < -0.39 is 6.10 Å². The second kappa shape index (κ2) is 4.09. The van der Waals surface area contributed by atoms with Crippen LogP contribution in [0.2, 0.25) is 0 Å². The van der Waals surface area contributed by atoms with Gasteiger partial charge in [-0.25, -0.2) is 0 Å². The molecule has 1 fully saturated rings. The number of allylic oxidation sites excluding steroid dienone is 2. The molecular formula is C15H22O2. The lowest BCUT2D eigenvalue weighted by atomic mass is 9.54. The van der Waals surface area contributed by atoms with Crippen LogP contribution in [0.25, 0.3) is 0 Å². The summed E-state index contributed by atoms with van der Waals surface area (Å²) in [4.78, 5) is 12.3. The van der Waals surface area contributed by atoms with Gasteiger partial charge in [-0.05, 0) is 31.1 Å². The first-order valence-electron chi connectivity index (χ1n) is 6.41. The van der Waals surface area contributed by atoms with E-state index in [0.29, 0.717) is 5.92 Å². The van der Waals surface area contributed by atoms with Gasteiger partial charge >= 0.3 is 0 Å². The second-order valence-corrected chi connectivity index (χ2v) is 6.05. The van der Waals surface area contributed by atoms with Gasteiger partial charge in [0.1, 0.15) is 6.10 Å². The molecule has 94 valence electrons. The van der Waals surface area contributed by atoms with Crippen molar-refractivity contribution in [3.8, 4) is 0 Å². The minimum atomic E-state index is -0.861. The van der Waals surface area contributed by atoms with E-state index in [-0.39, 0.29) is 23.0 Å². The SMILES string of the molecule is C=C(C)C1CC2(C)C(C)CC=CC2C(=O)C1O. The monoisotopic (exact) mass is 234 g/mol. The van der Waals surface area contributed by atoms with Gasteiger partial charge in [-0.15, -0.1) is 0 Å². The number of aliphatic hydroxyl groups is 1. The molecule has 0 aromatic carbocycles. The highest BCUT2D eigenvalue weighted by Crippen LogP contribution is 2.52. The van der Waals surface area contributed by atoms with Crippen molar-refractivity contribution in [2.24, 2.45) is 23.2 Å². The van der Waals surface area contributed by atoms with E-state index in [1.807, 2.05) is 13.0 Å². The number of carbonyl (C=O) groups excluding carboxylic acids is 1. The van der Waals surface area contributed by atoms with Crippen LogP contribution in [-0.2, 0) is 4.79 Å². The van der Waals surface area contributed by atoms with Gasteiger partial charge in [0.25, 0.3) is 0 Å². The third-order valence-corrected chi connectivity index (χ3v) is 4.93. The molecule has 1 N–H and O–H groups in total. The van der Waals surface area contributed by atoms with Gasteiger partial charge in [-0.2, -0.15) is 0 Å². The molecule has 0 aromatic heterocycles. The molecule has 5 unspecified atom stereocenters. The number of hydrogen-bond acceptors (Lipinski definition) is 2. The predicted octanol–water partition coefficient (Wildman–Crippen LogP) is 2.73. The molecule has 2 heteroatoms. The first-order chi connectivity index (χ1) is 7.88. The number of carbonyl (C=O) groups is 1. The normalized spacial score (nSPS) is 45.5. The zero-order valence-electron chi connectivity index (χ0n) is 10.9. The van der Waals surface area contributed by atoms with Crippen molar-refractivity contribution < 1.29 is 9.90 Å². The Labute approximate surface area is 103 Å². The molecule has 2 aliphatic rings. The summed E-state index contributed by atoms with van der Waals surface area (Å²) in [7, 11) is 0. The van der Waals surface area contributed by atoms with E-state index >= 15 is 0 Å². The Kier molecular flexibility index (Phi) is 3.03. The quantitative estimate of drug-likeness (QED) is 0.708. The topological polar surface area (TPSA) is 37.3 Å². The van der Waals surface area contributed by atoms with E-state index in [1.165, 1.54) is 0 Å². The van der Waals surface area contributed by atoms with Gasteiger partial charge in [0.05, 0.1) is 0 Å². The van der Waals surface area contributed by atoms with E-state index in [1.54, 1.807) is 0 Å². The van der Waals surface area contributed by atoms with Crippen molar-refractivity contribution in [2.45, 2.75) is 39.7 Å². The van der Waals surface area contributed by atoms with Crippen molar-refractivity contribution in [1.29, 1.82) is 0 Å². The number of hydrogen-bond donors (Lipinski definition) is 1. The second-order valence-electron chi connectivity index (χ2n) is 6.05. The van der Waals surface area contributed by atoms with Crippen LogP contribution in [0, 0.1) is 23.2 Å². The fraction of sp³-hybridized carbons (Fsp3) is 0.667. The zero-order valence-corrected chi connectivity index (χ0v) is 10.9. The molecule has 2 aliphatic carbocycles. The third kappa shape index (κ3) is 1.79. The Hall–Kier alpha value is -0.890. The van der Waals surface area contributed by atoms with E-state index in [9.17, 15) is 9.90 Å². The van der Waals surface area contributed by atoms with E-state index in [0.717, 1.165) is 18.4 Å². The summed E-state index contributed by atoms with van der Waals surface area (Å²) in [5, 5.41) is 10.1. The molecule has 0 amide bonds. The van der Waals surface area contributed by atoms with Crippen LogP contribution in [0.5, 0.6) is 0 Å². The zero-order chi connectivity index (χ0) is 12.8. The molecule has 0 radical (unpaired) electrons. The molecule has 5 atom stereocenters. The highest BCUT2D eigenvalue weighted by atomic mass is 16.3. The van der Waals surface area contributed by atoms with E-state index in [2.05, 4.69) is 26.5 Å². The largest absolute Gasteiger partial charge is 0.385 e. The Morgan fingerprint density at radius 1 is 1.59 bits per heavy atom. The van der Waals surface area contributed by atoms with Crippen LogP contribution >= 0.6 is 0 Å².